The highest BCUT2D eigenvalue weighted by Gasteiger charge is 2.19. The van der Waals surface area contributed by atoms with Crippen LogP contribution < -0.4 is 10.6 Å². The molecule has 2 N–H and O–H groups in total. The van der Waals surface area contributed by atoms with E-state index in [4.69, 9.17) is 0 Å². The Morgan fingerprint density at radius 1 is 1.03 bits per heavy atom. The molecule has 1 saturated heterocycles. The second kappa shape index (κ2) is 9.96. The molecule has 0 bridgehead atoms. The molecule has 0 spiro atoms. The molecule has 2 aromatic rings. The Kier molecular flexibility index (Phi) is 7.33. The number of amides is 1. The first-order valence-electron chi connectivity index (χ1n) is 10.4. The number of likely N-dealkylation sites (tertiary alicyclic amines) is 1. The fourth-order valence-electron chi connectivity index (χ4n) is 3.68. The normalized spacial score (nSPS) is 14.7. The number of hydrogen-bond acceptors (Lipinski definition) is 4. The van der Waals surface area contributed by atoms with E-state index in [-0.39, 0.29) is 5.91 Å². The zero-order valence-electron chi connectivity index (χ0n) is 18.3. The first kappa shape index (κ1) is 22.8. The Balaban J connectivity index is 1.50. The lowest BCUT2D eigenvalue weighted by molar-refractivity contribution is -0.128. The lowest BCUT2D eigenvalue weighted by atomic mass is 10.1. The van der Waals surface area contributed by atoms with Gasteiger partial charge in [0, 0.05) is 45.9 Å². The standard InChI is InChI=1S/C23H30N4O3S/c1-17-13-20(10-11-21(17)31(3,29)30)15-26-23(24-2)25-14-18-6-8-19(9-7-18)16-27-12-4-5-22(27)28/h6-11,13H,4-5,12,14-16H2,1-3H3,(H2,24,25,26). The minimum Gasteiger partial charge on any atom is -0.352 e. The van der Waals surface area contributed by atoms with Gasteiger partial charge in [0.2, 0.25) is 5.91 Å². The summed E-state index contributed by atoms with van der Waals surface area (Å²) in [7, 11) is -1.50. The number of aryl methyl sites for hydroxylation is 1. The number of carbonyl (C=O) groups excluding carboxylic acids is 1. The summed E-state index contributed by atoms with van der Waals surface area (Å²) in [6, 6.07) is 13.6. The molecule has 0 radical (unpaired) electrons. The van der Waals surface area contributed by atoms with E-state index >= 15 is 0 Å². The van der Waals surface area contributed by atoms with Crippen molar-refractivity contribution in [3.8, 4) is 0 Å². The van der Waals surface area contributed by atoms with Crippen molar-refractivity contribution >= 4 is 21.7 Å². The SMILES string of the molecule is CN=C(NCc1ccc(CN2CCCC2=O)cc1)NCc1ccc(S(C)(=O)=O)c(C)c1. The van der Waals surface area contributed by atoms with Crippen LogP contribution in [0.15, 0.2) is 52.4 Å². The summed E-state index contributed by atoms with van der Waals surface area (Å²) < 4.78 is 23.5. The van der Waals surface area contributed by atoms with Crippen LogP contribution in [-0.2, 0) is 34.3 Å². The van der Waals surface area contributed by atoms with Crippen LogP contribution in [0.3, 0.4) is 0 Å². The Labute approximate surface area is 184 Å². The van der Waals surface area contributed by atoms with Crippen molar-refractivity contribution in [2.45, 2.75) is 44.3 Å². The van der Waals surface area contributed by atoms with Crippen molar-refractivity contribution in [2.75, 3.05) is 19.8 Å². The van der Waals surface area contributed by atoms with E-state index < -0.39 is 9.84 Å². The van der Waals surface area contributed by atoms with Gasteiger partial charge < -0.3 is 15.5 Å². The van der Waals surface area contributed by atoms with Gasteiger partial charge in [-0.2, -0.15) is 0 Å². The Morgan fingerprint density at radius 2 is 1.65 bits per heavy atom. The first-order valence-corrected chi connectivity index (χ1v) is 12.2. The summed E-state index contributed by atoms with van der Waals surface area (Å²) in [6.45, 7) is 4.48. The van der Waals surface area contributed by atoms with Gasteiger partial charge in [0.05, 0.1) is 4.90 Å². The van der Waals surface area contributed by atoms with Crippen molar-refractivity contribution in [2.24, 2.45) is 4.99 Å². The molecule has 31 heavy (non-hydrogen) atoms. The number of rotatable bonds is 7. The third kappa shape index (κ3) is 6.30. The third-order valence-corrected chi connectivity index (χ3v) is 6.61. The maximum Gasteiger partial charge on any atom is 0.222 e. The van der Waals surface area contributed by atoms with E-state index in [1.54, 1.807) is 20.0 Å². The maximum atomic E-state index is 11.8. The van der Waals surface area contributed by atoms with Crippen LogP contribution in [0.5, 0.6) is 0 Å². The summed E-state index contributed by atoms with van der Waals surface area (Å²) in [5, 5.41) is 6.54. The molecule has 0 aliphatic carbocycles. The van der Waals surface area contributed by atoms with Crippen molar-refractivity contribution in [1.82, 2.24) is 15.5 Å². The second-order valence-corrected chi connectivity index (χ2v) is 9.87. The number of sulfone groups is 1. The minimum atomic E-state index is -3.21. The van der Waals surface area contributed by atoms with E-state index in [9.17, 15) is 13.2 Å². The van der Waals surface area contributed by atoms with E-state index in [2.05, 4.69) is 39.9 Å². The molecule has 0 aromatic heterocycles. The van der Waals surface area contributed by atoms with Crippen LogP contribution in [0.4, 0.5) is 0 Å². The molecule has 0 atom stereocenters. The van der Waals surface area contributed by atoms with Gasteiger partial charge in [0.25, 0.3) is 0 Å². The second-order valence-electron chi connectivity index (χ2n) is 7.89. The largest absolute Gasteiger partial charge is 0.352 e. The van der Waals surface area contributed by atoms with Crippen molar-refractivity contribution in [3.05, 3.63) is 64.7 Å². The molecule has 3 rings (SSSR count). The highest BCUT2D eigenvalue weighted by molar-refractivity contribution is 7.90. The molecule has 1 aliphatic heterocycles. The molecule has 166 valence electrons. The van der Waals surface area contributed by atoms with Crippen LogP contribution in [0.1, 0.15) is 35.1 Å². The summed E-state index contributed by atoms with van der Waals surface area (Å²) in [6.07, 6.45) is 2.83. The summed E-state index contributed by atoms with van der Waals surface area (Å²) in [5.41, 5.74) is 3.97. The predicted molar refractivity (Wildman–Crippen MR) is 122 cm³/mol. The Morgan fingerprint density at radius 3 is 2.19 bits per heavy atom. The van der Waals surface area contributed by atoms with E-state index in [0.717, 1.165) is 35.2 Å². The Bertz CT molecular complexity index is 1060. The molecule has 8 heteroatoms. The molecular weight excluding hydrogens is 412 g/mol. The van der Waals surface area contributed by atoms with Gasteiger partial charge in [0.15, 0.2) is 15.8 Å². The van der Waals surface area contributed by atoms with Crippen LogP contribution in [0.25, 0.3) is 0 Å². The lowest BCUT2D eigenvalue weighted by Crippen LogP contribution is -2.36. The molecule has 1 amide bonds. The maximum absolute atomic E-state index is 11.8. The molecule has 0 saturated carbocycles. The first-order chi connectivity index (χ1) is 14.8. The van der Waals surface area contributed by atoms with Gasteiger partial charge in [-0.3, -0.25) is 9.79 Å². The molecule has 0 unspecified atom stereocenters. The summed E-state index contributed by atoms with van der Waals surface area (Å²) in [4.78, 5) is 18.3. The van der Waals surface area contributed by atoms with Gasteiger partial charge in [-0.05, 0) is 41.7 Å². The van der Waals surface area contributed by atoms with E-state index in [0.29, 0.717) is 36.9 Å². The van der Waals surface area contributed by atoms with Crippen LogP contribution in [0.2, 0.25) is 0 Å². The van der Waals surface area contributed by atoms with Gasteiger partial charge in [-0.15, -0.1) is 0 Å². The fraction of sp³-hybridized carbons (Fsp3) is 0.391. The van der Waals surface area contributed by atoms with Gasteiger partial charge >= 0.3 is 0 Å². The van der Waals surface area contributed by atoms with E-state index in [1.165, 1.54) is 6.26 Å². The van der Waals surface area contributed by atoms with Gasteiger partial charge in [0.1, 0.15) is 0 Å². The van der Waals surface area contributed by atoms with Crippen molar-refractivity contribution in [1.29, 1.82) is 0 Å². The minimum absolute atomic E-state index is 0.238. The van der Waals surface area contributed by atoms with Crippen LogP contribution in [-0.4, -0.2) is 45.0 Å². The number of nitrogens with zero attached hydrogens (tertiary/aromatic N) is 2. The quantitative estimate of drug-likeness (QED) is 0.508. The molecular formula is C23H30N4O3S. The van der Waals surface area contributed by atoms with Crippen LogP contribution in [0, 0.1) is 6.92 Å². The average molecular weight is 443 g/mol. The van der Waals surface area contributed by atoms with Crippen LogP contribution >= 0.6 is 0 Å². The molecule has 1 aliphatic rings. The zero-order chi connectivity index (χ0) is 22.4. The summed E-state index contributed by atoms with van der Waals surface area (Å²) in [5.74, 6) is 0.901. The van der Waals surface area contributed by atoms with Crippen molar-refractivity contribution < 1.29 is 13.2 Å². The number of nitrogens with one attached hydrogen (secondary N) is 2. The number of benzene rings is 2. The topological polar surface area (TPSA) is 90.9 Å². The molecule has 7 nitrogen and oxygen atoms in total. The number of guanidine groups is 1. The number of aliphatic imine (C=N–C) groups is 1. The molecule has 2 aromatic carbocycles. The zero-order valence-corrected chi connectivity index (χ0v) is 19.1. The summed E-state index contributed by atoms with van der Waals surface area (Å²) >= 11 is 0. The Hall–Kier alpha value is -2.87. The fourth-order valence-corrected chi connectivity index (χ4v) is 4.64. The van der Waals surface area contributed by atoms with E-state index in [1.807, 2.05) is 17.0 Å². The number of carbonyl (C=O) groups is 1. The molecule has 1 heterocycles. The number of hydrogen-bond donors (Lipinski definition) is 2. The highest BCUT2D eigenvalue weighted by Crippen LogP contribution is 2.17. The molecule has 1 fully saturated rings. The lowest BCUT2D eigenvalue weighted by Gasteiger charge is -2.16. The monoisotopic (exact) mass is 442 g/mol. The average Bonchev–Trinajstić information content (AvgIpc) is 3.13. The van der Waals surface area contributed by atoms with Crippen molar-refractivity contribution in [3.63, 3.8) is 0 Å². The van der Waals surface area contributed by atoms with Gasteiger partial charge in [-0.25, -0.2) is 8.42 Å². The highest BCUT2D eigenvalue weighted by atomic mass is 32.2. The van der Waals surface area contributed by atoms with Gasteiger partial charge in [-0.1, -0.05) is 36.4 Å². The predicted octanol–water partition coefficient (Wildman–Crippen LogP) is 2.39. The third-order valence-electron chi connectivity index (χ3n) is 5.35. The smallest absolute Gasteiger partial charge is 0.222 e.